The molecular formula is C8H8FNO2. The van der Waals surface area contributed by atoms with Crippen LogP contribution in [0.4, 0.5) is 4.39 Å². The van der Waals surface area contributed by atoms with Crippen molar-refractivity contribution >= 4 is 0 Å². The molecule has 0 bridgehead atoms. The Morgan fingerprint density at radius 1 is 1.58 bits per heavy atom. The Balaban J connectivity index is 4.41. The molecular weight excluding hydrogens is 161 g/mol. The summed E-state index contributed by atoms with van der Waals surface area (Å²) in [5.41, 5.74) is -0.0319. The second-order valence-electron chi connectivity index (χ2n) is 1.93. The Morgan fingerprint density at radius 2 is 2.17 bits per heavy atom. The maximum atomic E-state index is 12.1. The van der Waals surface area contributed by atoms with Crippen molar-refractivity contribution < 1.29 is 14.6 Å². The average molecular weight is 169 g/mol. The fourth-order valence-electron chi connectivity index (χ4n) is 0.476. The number of rotatable bonds is 3. The van der Waals surface area contributed by atoms with Gasteiger partial charge in [0.1, 0.15) is 5.83 Å². The van der Waals surface area contributed by atoms with Crippen molar-refractivity contribution in [1.29, 1.82) is 5.26 Å². The quantitative estimate of drug-likeness (QED) is 0.373. The van der Waals surface area contributed by atoms with Crippen LogP contribution in [0.2, 0.25) is 0 Å². The number of hydrogen-bond donors (Lipinski definition) is 2. The smallest absolute Gasteiger partial charge is 0.171 e. The lowest BCUT2D eigenvalue weighted by Crippen LogP contribution is -1.97. The first kappa shape index (κ1) is 10.6. The normalized spacial score (nSPS) is 12.1. The predicted molar refractivity (Wildman–Crippen MR) is 41.3 cm³/mol. The molecule has 0 heterocycles. The summed E-state index contributed by atoms with van der Waals surface area (Å²) in [6.45, 7) is 2.92. The topological polar surface area (TPSA) is 64.2 Å². The van der Waals surface area contributed by atoms with Gasteiger partial charge in [-0.05, 0) is 18.2 Å². The van der Waals surface area contributed by atoms with E-state index >= 15 is 0 Å². The summed E-state index contributed by atoms with van der Waals surface area (Å²) in [5, 5.41) is 25.0. The molecule has 3 nitrogen and oxygen atoms in total. The molecule has 0 amide bonds. The first-order valence-electron chi connectivity index (χ1n) is 3.07. The number of allylic oxidation sites excluding steroid dienone is 4. The van der Waals surface area contributed by atoms with Gasteiger partial charge in [0.2, 0.25) is 0 Å². The molecule has 0 unspecified atom stereocenters. The molecule has 0 aliphatic heterocycles. The van der Waals surface area contributed by atoms with Gasteiger partial charge in [-0.1, -0.05) is 6.58 Å². The lowest BCUT2D eigenvalue weighted by atomic mass is 10.2. The molecule has 0 aromatic carbocycles. The number of nitriles is 1. The Kier molecular flexibility index (Phi) is 4.61. The minimum atomic E-state index is -1.64. The third-order valence-corrected chi connectivity index (χ3v) is 0.889. The van der Waals surface area contributed by atoms with Gasteiger partial charge in [-0.15, -0.1) is 0 Å². The fraction of sp³-hybridized carbons (Fsp3) is 0.125. The van der Waals surface area contributed by atoms with Crippen LogP contribution in [0.25, 0.3) is 0 Å². The van der Waals surface area contributed by atoms with Crippen molar-refractivity contribution in [1.82, 2.24) is 0 Å². The molecule has 0 aromatic heterocycles. The van der Waals surface area contributed by atoms with Crippen LogP contribution in [0, 0.1) is 11.3 Å². The number of halogens is 1. The summed E-state index contributed by atoms with van der Waals surface area (Å²) in [6.07, 6.45) is 1.28. The van der Waals surface area contributed by atoms with Crippen molar-refractivity contribution in [2.45, 2.75) is 6.29 Å². The number of aliphatic hydroxyl groups is 2. The summed E-state index contributed by atoms with van der Waals surface area (Å²) in [6, 6.07) is 1.64. The minimum Gasteiger partial charge on any atom is -0.365 e. The SMILES string of the molecule is C=C(F)/C=C(C#N)\C=C\C(O)O. The van der Waals surface area contributed by atoms with Gasteiger partial charge in [0, 0.05) is 0 Å². The van der Waals surface area contributed by atoms with E-state index in [2.05, 4.69) is 6.58 Å². The van der Waals surface area contributed by atoms with Crippen molar-refractivity contribution in [2.75, 3.05) is 0 Å². The zero-order chi connectivity index (χ0) is 9.56. The van der Waals surface area contributed by atoms with E-state index < -0.39 is 12.1 Å². The van der Waals surface area contributed by atoms with E-state index in [1.54, 1.807) is 6.07 Å². The van der Waals surface area contributed by atoms with Gasteiger partial charge in [-0.3, -0.25) is 0 Å². The first-order chi connectivity index (χ1) is 5.56. The molecule has 0 aliphatic carbocycles. The summed E-state index contributed by atoms with van der Waals surface area (Å²) < 4.78 is 12.1. The van der Waals surface area contributed by atoms with Gasteiger partial charge in [0.05, 0.1) is 11.6 Å². The Hall–Kier alpha value is -1.44. The van der Waals surface area contributed by atoms with E-state index in [9.17, 15) is 4.39 Å². The van der Waals surface area contributed by atoms with Crippen molar-refractivity contribution in [2.24, 2.45) is 0 Å². The zero-order valence-corrected chi connectivity index (χ0v) is 6.24. The van der Waals surface area contributed by atoms with Crippen LogP contribution in [-0.2, 0) is 0 Å². The number of nitrogens with zero attached hydrogens (tertiary/aromatic N) is 1. The molecule has 0 spiro atoms. The van der Waals surface area contributed by atoms with E-state index in [1.807, 2.05) is 0 Å². The number of hydrogen-bond acceptors (Lipinski definition) is 3. The van der Waals surface area contributed by atoms with E-state index in [0.29, 0.717) is 0 Å². The lowest BCUT2D eigenvalue weighted by Gasteiger charge is -1.91. The van der Waals surface area contributed by atoms with Crippen molar-refractivity contribution in [3.05, 3.63) is 36.2 Å². The third-order valence-electron chi connectivity index (χ3n) is 0.889. The second-order valence-corrected chi connectivity index (χ2v) is 1.93. The van der Waals surface area contributed by atoms with Gasteiger partial charge in [-0.2, -0.15) is 5.26 Å². The molecule has 2 N–H and O–H groups in total. The molecule has 0 saturated heterocycles. The molecule has 0 atom stereocenters. The van der Waals surface area contributed by atoms with Crippen LogP contribution >= 0.6 is 0 Å². The van der Waals surface area contributed by atoms with Gasteiger partial charge < -0.3 is 10.2 Å². The molecule has 0 saturated carbocycles. The maximum Gasteiger partial charge on any atom is 0.171 e. The highest BCUT2D eigenvalue weighted by Crippen LogP contribution is 2.02. The molecule has 0 radical (unpaired) electrons. The molecule has 64 valence electrons. The fourth-order valence-corrected chi connectivity index (χ4v) is 0.476. The Bertz CT molecular complexity index is 261. The van der Waals surface area contributed by atoms with Gasteiger partial charge in [-0.25, -0.2) is 4.39 Å². The van der Waals surface area contributed by atoms with E-state index in [0.717, 1.165) is 18.2 Å². The lowest BCUT2D eigenvalue weighted by molar-refractivity contribution is 0.00235. The number of aliphatic hydroxyl groups excluding tert-OH is 1. The zero-order valence-electron chi connectivity index (χ0n) is 6.24. The monoisotopic (exact) mass is 169 g/mol. The average Bonchev–Trinajstić information content (AvgIpc) is 1.97. The molecule has 0 rings (SSSR count). The predicted octanol–water partition coefficient (Wildman–Crippen LogP) is 0.786. The van der Waals surface area contributed by atoms with E-state index in [1.165, 1.54) is 0 Å². The van der Waals surface area contributed by atoms with Crippen LogP contribution in [0.15, 0.2) is 36.2 Å². The van der Waals surface area contributed by atoms with E-state index in [-0.39, 0.29) is 5.57 Å². The molecule has 0 fully saturated rings. The summed E-state index contributed by atoms with van der Waals surface area (Å²) in [7, 11) is 0. The largest absolute Gasteiger partial charge is 0.365 e. The molecule has 12 heavy (non-hydrogen) atoms. The minimum absolute atomic E-state index is 0.0319. The summed E-state index contributed by atoms with van der Waals surface area (Å²) >= 11 is 0. The molecule has 4 heteroatoms. The van der Waals surface area contributed by atoms with Gasteiger partial charge >= 0.3 is 0 Å². The summed E-state index contributed by atoms with van der Waals surface area (Å²) in [5.74, 6) is -0.761. The Labute approximate surface area is 69.4 Å². The summed E-state index contributed by atoms with van der Waals surface area (Å²) in [4.78, 5) is 0. The second kappa shape index (κ2) is 5.24. The standard InChI is InChI=1S/C8H8FNO2/c1-6(9)4-7(5-10)2-3-8(11)12/h2-4,8,11-12H,1H2/b3-2+,7-4+. The van der Waals surface area contributed by atoms with E-state index in [4.69, 9.17) is 15.5 Å². The van der Waals surface area contributed by atoms with Crippen molar-refractivity contribution in [3.8, 4) is 6.07 Å². The van der Waals surface area contributed by atoms with Gasteiger partial charge in [0.15, 0.2) is 6.29 Å². The van der Waals surface area contributed by atoms with Crippen LogP contribution in [0.3, 0.4) is 0 Å². The maximum absolute atomic E-state index is 12.1. The highest BCUT2D eigenvalue weighted by Gasteiger charge is 1.92. The highest BCUT2D eigenvalue weighted by atomic mass is 19.1. The third kappa shape index (κ3) is 5.35. The van der Waals surface area contributed by atoms with Gasteiger partial charge in [0.25, 0.3) is 0 Å². The first-order valence-corrected chi connectivity index (χ1v) is 3.07. The van der Waals surface area contributed by atoms with Crippen LogP contribution in [0.5, 0.6) is 0 Å². The Morgan fingerprint density at radius 3 is 2.50 bits per heavy atom. The highest BCUT2D eigenvalue weighted by molar-refractivity contribution is 5.37. The van der Waals surface area contributed by atoms with Crippen LogP contribution < -0.4 is 0 Å². The van der Waals surface area contributed by atoms with Crippen LogP contribution in [0.1, 0.15) is 0 Å². The molecule has 0 aliphatic rings. The van der Waals surface area contributed by atoms with Crippen LogP contribution in [-0.4, -0.2) is 16.5 Å². The molecule has 0 aromatic rings. The van der Waals surface area contributed by atoms with Crippen molar-refractivity contribution in [3.63, 3.8) is 0 Å².